The molecule has 1 N–H and O–H groups in total. The molecule has 2 aliphatic heterocycles. The molecule has 2 aromatic rings. The first-order chi connectivity index (χ1) is 15.8. The van der Waals surface area contributed by atoms with E-state index in [4.69, 9.17) is 0 Å². The molecular weight excluding hydrogens is 414 g/mol. The second-order valence-corrected chi connectivity index (χ2v) is 9.66. The Morgan fingerprint density at radius 1 is 0.970 bits per heavy atom. The van der Waals surface area contributed by atoms with Crippen molar-refractivity contribution in [3.63, 3.8) is 0 Å². The Bertz CT molecular complexity index is 1020. The van der Waals surface area contributed by atoms with Crippen molar-refractivity contribution in [2.45, 2.75) is 52.0 Å². The molecule has 2 saturated heterocycles. The normalized spacial score (nSPS) is 21.4. The third-order valence-electron chi connectivity index (χ3n) is 7.13. The molecule has 2 aliphatic rings. The number of nitrogens with zero attached hydrogens (tertiary/aromatic N) is 2. The topological polar surface area (TPSA) is 69.7 Å². The number of likely N-dealkylation sites (tertiary alicyclic amines) is 1. The van der Waals surface area contributed by atoms with Gasteiger partial charge in [-0.05, 0) is 63.5 Å². The molecule has 0 aliphatic carbocycles. The zero-order valence-electron chi connectivity index (χ0n) is 19.8. The number of carbonyl (C=O) groups is 3. The van der Waals surface area contributed by atoms with Crippen molar-refractivity contribution in [2.24, 2.45) is 5.92 Å². The number of rotatable bonds is 6. The molecule has 1 unspecified atom stereocenters. The largest absolute Gasteiger partial charge is 0.341 e. The summed E-state index contributed by atoms with van der Waals surface area (Å²) < 4.78 is 0. The number of urea groups is 1. The summed E-state index contributed by atoms with van der Waals surface area (Å²) in [5.41, 5.74) is 3.28. The van der Waals surface area contributed by atoms with Gasteiger partial charge in [0.05, 0.1) is 0 Å². The van der Waals surface area contributed by atoms with Gasteiger partial charge in [0.15, 0.2) is 0 Å². The minimum Gasteiger partial charge on any atom is -0.341 e. The fourth-order valence-electron chi connectivity index (χ4n) is 4.75. The fourth-order valence-corrected chi connectivity index (χ4v) is 4.75. The van der Waals surface area contributed by atoms with E-state index in [0.29, 0.717) is 19.0 Å². The molecular formula is C27H33N3O3. The Labute approximate surface area is 196 Å². The first-order valence-corrected chi connectivity index (χ1v) is 11.8. The summed E-state index contributed by atoms with van der Waals surface area (Å²) in [7, 11) is 0. The van der Waals surface area contributed by atoms with Gasteiger partial charge >= 0.3 is 6.03 Å². The number of benzene rings is 2. The van der Waals surface area contributed by atoms with Crippen molar-refractivity contribution in [3.05, 3.63) is 70.8 Å². The van der Waals surface area contributed by atoms with E-state index < -0.39 is 11.6 Å². The SMILES string of the molecule is Cc1ccc(CCC2CCN(C(=O)CN3C(=O)NC(C)(c4ccc(C)cc4)C3=O)CC2)cc1. The van der Waals surface area contributed by atoms with Crippen LogP contribution in [0.1, 0.15) is 48.4 Å². The lowest BCUT2D eigenvalue weighted by Gasteiger charge is -2.33. The third-order valence-corrected chi connectivity index (χ3v) is 7.13. The van der Waals surface area contributed by atoms with Crippen molar-refractivity contribution >= 4 is 17.8 Å². The zero-order chi connectivity index (χ0) is 23.6. The average Bonchev–Trinajstić information content (AvgIpc) is 3.03. The van der Waals surface area contributed by atoms with Gasteiger partial charge < -0.3 is 10.2 Å². The molecule has 4 amide bonds. The maximum Gasteiger partial charge on any atom is 0.325 e. The van der Waals surface area contributed by atoms with Gasteiger partial charge in [-0.15, -0.1) is 0 Å². The van der Waals surface area contributed by atoms with Crippen molar-refractivity contribution in [3.8, 4) is 0 Å². The van der Waals surface area contributed by atoms with E-state index in [-0.39, 0.29) is 18.4 Å². The molecule has 1 atom stereocenters. The van der Waals surface area contributed by atoms with Gasteiger partial charge in [0.25, 0.3) is 5.91 Å². The van der Waals surface area contributed by atoms with Crippen LogP contribution in [0.5, 0.6) is 0 Å². The van der Waals surface area contributed by atoms with Crippen LogP contribution >= 0.6 is 0 Å². The number of piperidine rings is 1. The van der Waals surface area contributed by atoms with E-state index in [9.17, 15) is 14.4 Å². The highest BCUT2D eigenvalue weighted by Gasteiger charge is 2.49. The Morgan fingerprint density at radius 2 is 1.55 bits per heavy atom. The lowest BCUT2D eigenvalue weighted by Crippen LogP contribution is -2.46. The summed E-state index contributed by atoms with van der Waals surface area (Å²) in [6.07, 6.45) is 4.09. The van der Waals surface area contributed by atoms with Crippen LogP contribution in [-0.4, -0.2) is 47.3 Å². The van der Waals surface area contributed by atoms with Crippen LogP contribution in [0.15, 0.2) is 48.5 Å². The second-order valence-electron chi connectivity index (χ2n) is 9.66. The smallest absolute Gasteiger partial charge is 0.325 e. The number of aryl methyl sites for hydroxylation is 3. The molecule has 6 heteroatoms. The molecule has 6 nitrogen and oxygen atoms in total. The van der Waals surface area contributed by atoms with Crippen molar-refractivity contribution in [1.82, 2.24) is 15.1 Å². The molecule has 2 fully saturated rings. The lowest BCUT2D eigenvalue weighted by molar-refractivity contribution is -0.139. The Balaban J connectivity index is 1.29. The van der Waals surface area contributed by atoms with Crippen molar-refractivity contribution in [1.29, 1.82) is 0 Å². The number of hydrogen-bond acceptors (Lipinski definition) is 3. The van der Waals surface area contributed by atoms with Crippen LogP contribution in [0.2, 0.25) is 0 Å². The highest BCUT2D eigenvalue weighted by molar-refractivity contribution is 6.09. The molecule has 33 heavy (non-hydrogen) atoms. The van der Waals surface area contributed by atoms with Gasteiger partial charge in [-0.25, -0.2) is 4.79 Å². The van der Waals surface area contributed by atoms with Crippen molar-refractivity contribution < 1.29 is 14.4 Å². The summed E-state index contributed by atoms with van der Waals surface area (Å²) in [6.45, 7) is 6.91. The lowest BCUT2D eigenvalue weighted by atomic mass is 9.90. The minimum absolute atomic E-state index is 0.163. The van der Waals surface area contributed by atoms with E-state index in [0.717, 1.165) is 41.7 Å². The number of imide groups is 1. The summed E-state index contributed by atoms with van der Waals surface area (Å²) in [4.78, 5) is 41.4. The predicted molar refractivity (Wildman–Crippen MR) is 128 cm³/mol. The monoisotopic (exact) mass is 447 g/mol. The maximum absolute atomic E-state index is 13.1. The van der Waals surface area contributed by atoms with E-state index in [1.807, 2.05) is 31.2 Å². The number of hydrogen-bond donors (Lipinski definition) is 1. The third kappa shape index (κ3) is 4.95. The van der Waals surface area contributed by atoms with Gasteiger partial charge in [-0.2, -0.15) is 0 Å². The van der Waals surface area contributed by atoms with Gasteiger partial charge in [-0.1, -0.05) is 59.7 Å². The summed E-state index contributed by atoms with van der Waals surface area (Å²) in [6, 6.07) is 15.7. The Hall–Kier alpha value is -3.15. The minimum atomic E-state index is -1.14. The first-order valence-electron chi connectivity index (χ1n) is 11.8. The maximum atomic E-state index is 13.1. The Morgan fingerprint density at radius 3 is 2.15 bits per heavy atom. The van der Waals surface area contributed by atoms with Crippen LogP contribution in [0.3, 0.4) is 0 Å². The van der Waals surface area contributed by atoms with E-state index >= 15 is 0 Å². The molecule has 4 rings (SSSR count). The first kappa shape index (κ1) is 23.0. The fraction of sp³-hybridized carbons (Fsp3) is 0.444. The van der Waals surface area contributed by atoms with Gasteiger partial charge in [0.2, 0.25) is 5.91 Å². The summed E-state index contributed by atoms with van der Waals surface area (Å²) >= 11 is 0. The zero-order valence-corrected chi connectivity index (χ0v) is 19.8. The quantitative estimate of drug-likeness (QED) is 0.682. The number of nitrogens with one attached hydrogen (secondary N) is 1. The predicted octanol–water partition coefficient (Wildman–Crippen LogP) is 3.94. The van der Waals surface area contributed by atoms with E-state index in [2.05, 4.69) is 36.5 Å². The van der Waals surface area contributed by atoms with Gasteiger partial charge in [0, 0.05) is 13.1 Å². The molecule has 0 saturated carbocycles. The average molecular weight is 448 g/mol. The van der Waals surface area contributed by atoms with Gasteiger partial charge in [-0.3, -0.25) is 14.5 Å². The highest BCUT2D eigenvalue weighted by atomic mass is 16.2. The molecule has 174 valence electrons. The molecule has 2 heterocycles. The highest BCUT2D eigenvalue weighted by Crippen LogP contribution is 2.29. The van der Waals surface area contributed by atoms with E-state index in [1.165, 1.54) is 11.1 Å². The van der Waals surface area contributed by atoms with Crippen LogP contribution in [0.25, 0.3) is 0 Å². The van der Waals surface area contributed by atoms with Crippen molar-refractivity contribution in [2.75, 3.05) is 19.6 Å². The van der Waals surface area contributed by atoms with E-state index in [1.54, 1.807) is 11.8 Å². The molecule has 0 radical (unpaired) electrons. The molecule has 0 spiro atoms. The summed E-state index contributed by atoms with van der Waals surface area (Å²) in [5, 5.41) is 2.78. The number of amides is 4. The van der Waals surface area contributed by atoms with Crippen LogP contribution in [0, 0.1) is 19.8 Å². The molecule has 0 bridgehead atoms. The van der Waals surface area contributed by atoms with Crippen LogP contribution in [-0.2, 0) is 21.5 Å². The Kier molecular flexibility index (Phi) is 6.54. The number of carbonyl (C=O) groups excluding carboxylic acids is 3. The molecule has 0 aromatic heterocycles. The standard InChI is InChI=1S/C27H33N3O3/c1-19-4-8-21(9-5-19)10-11-22-14-16-29(17-15-22)24(31)18-30-25(32)27(3,28-26(30)33)23-12-6-20(2)7-13-23/h4-9,12-13,22H,10-11,14-18H2,1-3H3,(H,28,33). The summed E-state index contributed by atoms with van der Waals surface area (Å²) in [5.74, 6) is 0.0539. The second kappa shape index (κ2) is 9.38. The van der Waals surface area contributed by atoms with Crippen LogP contribution < -0.4 is 5.32 Å². The molecule has 2 aromatic carbocycles. The van der Waals surface area contributed by atoms with Gasteiger partial charge in [0.1, 0.15) is 12.1 Å². The van der Waals surface area contributed by atoms with Crippen LogP contribution in [0.4, 0.5) is 4.79 Å².